The summed E-state index contributed by atoms with van der Waals surface area (Å²) in [5.41, 5.74) is 2.79. The number of ketones is 1. The predicted octanol–water partition coefficient (Wildman–Crippen LogP) is 3.44. The molecule has 0 aromatic heterocycles. The summed E-state index contributed by atoms with van der Waals surface area (Å²) in [6.07, 6.45) is 0. The van der Waals surface area contributed by atoms with Gasteiger partial charge in [0.2, 0.25) is 0 Å². The maximum atomic E-state index is 11.3. The van der Waals surface area contributed by atoms with Crippen molar-refractivity contribution in [1.82, 2.24) is 0 Å². The van der Waals surface area contributed by atoms with E-state index in [0.29, 0.717) is 10.6 Å². The molecular weight excluding hydrogens is 232 g/mol. The third-order valence-electron chi connectivity index (χ3n) is 2.19. The van der Waals surface area contributed by atoms with Gasteiger partial charge in [0.15, 0.2) is 5.78 Å². The van der Waals surface area contributed by atoms with Crippen molar-refractivity contribution in [3.8, 4) is 5.40 Å². The Kier molecular flexibility index (Phi) is 4.80. The second kappa shape index (κ2) is 6.12. The molecular formula is C13H14N2OS. The minimum Gasteiger partial charge on any atom is -0.358 e. The lowest BCUT2D eigenvalue weighted by molar-refractivity contribution is -0.113. The van der Waals surface area contributed by atoms with E-state index >= 15 is 0 Å². The number of allylic oxidation sites excluding steroid dienone is 2. The molecule has 1 rings (SSSR count). The molecule has 0 unspecified atom stereocenters. The van der Waals surface area contributed by atoms with Crippen LogP contribution in [0, 0.1) is 17.6 Å². The van der Waals surface area contributed by atoms with Crippen LogP contribution in [0.5, 0.6) is 0 Å². The van der Waals surface area contributed by atoms with Gasteiger partial charge in [-0.15, -0.1) is 0 Å². The number of benzene rings is 1. The van der Waals surface area contributed by atoms with Crippen LogP contribution >= 0.6 is 11.8 Å². The van der Waals surface area contributed by atoms with Gasteiger partial charge in [-0.3, -0.25) is 4.79 Å². The van der Waals surface area contributed by atoms with E-state index in [-0.39, 0.29) is 5.78 Å². The highest BCUT2D eigenvalue weighted by Gasteiger charge is 2.09. The Bertz CT molecular complexity index is 483. The molecule has 1 aromatic rings. The van der Waals surface area contributed by atoms with Crippen molar-refractivity contribution in [2.75, 3.05) is 5.32 Å². The summed E-state index contributed by atoms with van der Waals surface area (Å²) >= 11 is 0.888. The van der Waals surface area contributed by atoms with Gasteiger partial charge >= 0.3 is 0 Å². The van der Waals surface area contributed by atoms with E-state index in [9.17, 15) is 4.79 Å². The molecule has 3 nitrogen and oxygen atoms in total. The van der Waals surface area contributed by atoms with Crippen molar-refractivity contribution >= 4 is 23.2 Å². The Labute approximate surface area is 106 Å². The third-order valence-corrected chi connectivity index (χ3v) is 3.08. The maximum Gasteiger partial charge on any atom is 0.168 e. The first kappa shape index (κ1) is 13.3. The summed E-state index contributed by atoms with van der Waals surface area (Å²) in [6, 6.07) is 7.85. The Morgan fingerprint density at radius 2 is 1.88 bits per heavy atom. The maximum absolute atomic E-state index is 11.3. The number of nitriles is 1. The first-order valence-corrected chi connectivity index (χ1v) is 5.97. The topological polar surface area (TPSA) is 52.9 Å². The molecule has 0 heterocycles. The quantitative estimate of drug-likeness (QED) is 0.653. The van der Waals surface area contributed by atoms with Crippen molar-refractivity contribution in [2.24, 2.45) is 0 Å². The highest BCUT2D eigenvalue weighted by Crippen LogP contribution is 2.21. The lowest BCUT2D eigenvalue weighted by Crippen LogP contribution is -2.03. The van der Waals surface area contributed by atoms with E-state index in [1.807, 2.05) is 36.6 Å². The number of rotatable bonds is 4. The van der Waals surface area contributed by atoms with E-state index in [2.05, 4.69) is 5.32 Å². The zero-order valence-corrected chi connectivity index (χ0v) is 10.9. The van der Waals surface area contributed by atoms with Crippen molar-refractivity contribution in [3.63, 3.8) is 0 Å². The summed E-state index contributed by atoms with van der Waals surface area (Å²) in [5.74, 6) is -0.103. The standard InChI is InChI=1S/C13H14N2OS/c1-9-4-6-12(7-5-9)15-10(2)13(11(3)16)17-8-14/h4-7,15H,1-3H3/b13-10+. The summed E-state index contributed by atoms with van der Waals surface area (Å²) in [4.78, 5) is 11.8. The Balaban J connectivity index is 2.92. The molecule has 1 aromatic carbocycles. The van der Waals surface area contributed by atoms with Crippen molar-refractivity contribution < 1.29 is 4.79 Å². The van der Waals surface area contributed by atoms with Crippen LogP contribution in [-0.4, -0.2) is 5.78 Å². The average molecular weight is 246 g/mol. The molecule has 0 fully saturated rings. The van der Waals surface area contributed by atoms with Gasteiger partial charge in [0.1, 0.15) is 5.40 Å². The van der Waals surface area contributed by atoms with Crippen LogP contribution in [0.4, 0.5) is 5.69 Å². The number of hydrogen-bond acceptors (Lipinski definition) is 4. The smallest absolute Gasteiger partial charge is 0.168 e. The highest BCUT2D eigenvalue weighted by molar-refractivity contribution is 8.08. The van der Waals surface area contributed by atoms with Crippen molar-refractivity contribution in [2.45, 2.75) is 20.8 Å². The zero-order valence-electron chi connectivity index (χ0n) is 10.1. The lowest BCUT2D eigenvalue weighted by atomic mass is 10.2. The summed E-state index contributed by atoms with van der Waals surface area (Å²) in [5, 5.41) is 13.7. The second-order valence-corrected chi connectivity index (χ2v) is 4.49. The van der Waals surface area contributed by atoms with E-state index in [4.69, 9.17) is 5.26 Å². The van der Waals surface area contributed by atoms with Crippen LogP contribution in [0.15, 0.2) is 34.9 Å². The minimum absolute atomic E-state index is 0.103. The van der Waals surface area contributed by atoms with Crippen LogP contribution in [0.2, 0.25) is 0 Å². The molecule has 0 bridgehead atoms. The number of thioether (sulfide) groups is 1. The number of nitrogens with one attached hydrogen (secondary N) is 1. The number of carbonyl (C=O) groups is 1. The van der Waals surface area contributed by atoms with Gasteiger partial charge in [-0.05, 0) is 44.7 Å². The predicted molar refractivity (Wildman–Crippen MR) is 71.4 cm³/mol. The van der Waals surface area contributed by atoms with Gasteiger partial charge in [-0.1, -0.05) is 17.7 Å². The number of hydrogen-bond donors (Lipinski definition) is 1. The number of nitrogens with zero attached hydrogens (tertiary/aromatic N) is 1. The van der Waals surface area contributed by atoms with Gasteiger partial charge in [-0.25, -0.2) is 0 Å². The number of Topliss-reactive ketones (excluding diaryl/α,β-unsaturated/α-hetero) is 1. The normalized spacial score (nSPS) is 11.4. The number of anilines is 1. The molecule has 0 saturated carbocycles. The number of aryl methyl sites for hydroxylation is 1. The molecule has 17 heavy (non-hydrogen) atoms. The first-order valence-electron chi connectivity index (χ1n) is 5.16. The van der Waals surface area contributed by atoms with Gasteiger partial charge in [0, 0.05) is 11.4 Å². The van der Waals surface area contributed by atoms with Crippen LogP contribution in [0.25, 0.3) is 0 Å². The molecule has 4 heteroatoms. The fraction of sp³-hybridized carbons (Fsp3) is 0.231. The van der Waals surface area contributed by atoms with Crippen LogP contribution in [0.1, 0.15) is 19.4 Å². The van der Waals surface area contributed by atoms with E-state index < -0.39 is 0 Å². The molecule has 0 spiro atoms. The fourth-order valence-corrected chi connectivity index (χ4v) is 1.81. The van der Waals surface area contributed by atoms with Gasteiger partial charge < -0.3 is 5.32 Å². The van der Waals surface area contributed by atoms with Crippen LogP contribution in [0.3, 0.4) is 0 Å². The molecule has 0 aliphatic rings. The third kappa shape index (κ3) is 3.97. The first-order chi connectivity index (χ1) is 8.04. The Hall–Kier alpha value is -1.73. The largest absolute Gasteiger partial charge is 0.358 e. The summed E-state index contributed by atoms with van der Waals surface area (Å²) in [6.45, 7) is 5.26. The molecule has 0 saturated heterocycles. The van der Waals surface area contributed by atoms with E-state index in [1.54, 1.807) is 6.92 Å². The molecule has 0 radical (unpaired) electrons. The Morgan fingerprint density at radius 3 is 2.35 bits per heavy atom. The van der Waals surface area contributed by atoms with Gasteiger partial charge in [0.25, 0.3) is 0 Å². The second-order valence-electron chi connectivity index (χ2n) is 3.69. The van der Waals surface area contributed by atoms with E-state index in [0.717, 1.165) is 17.4 Å². The molecule has 88 valence electrons. The molecule has 1 N–H and O–H groups in total. The van der Waals surface area contributed by atoms with E-state index in [1.165, 1.54) is 12.5 Å². The molecule has 0 aliphatic heterocycles. The molecule has 0 amide bonds. The number of carbonyl (C=O) groups excluding carboxylic acids is 1. The summed E-state index contributed by atoms with van der Waals surface area (Å²) < 4.78 is 0. The molecule has 0 aliphatic carbocycles. The van der Waals surface area contributed by atoms with Crippen molar-refractivity contribution in [3.05, 3.63) is 40.4 Å². The van der Waals surface area contributed by atoms with Gasteiger partial charge in [-0.2, -0.15) is 5.26 Å². The Morgan fingerprint density at radius 1 is 1.29 bits per heavy atom. The van der Waals surface area contributed by atoms with Crippen molar-refractivity contribution in [1.29, 1.82) is 5.26 Å². The zero-order chi connectivity index (χ0) is 12.8. The van der Waals surface area contributed by atoms with Crippen LogP contribution < -0.4 is 5.32 Å². The van der Waals surface area contributed by atoms with Gasteiger partial charge in [0.05, 0.1) is 4.91 Å². The average Bonchev–Trinajstić information content (AvgIpc) is 2.28. The summed E-state index contributed by atoms with van der Waals surface area (Å²) in [7, 11) is 0. The fourth-order valence-electron chi connectivity index (χ4n) is 1.37. The minimum atomic E-state index is -0.103. The SMILES string of the molecule is CC(=O)/C(SC#N)=C(/C)Nc1ccc(C)cc1. The molecule has 0 atom stereocenters. The lowest BCUT2D eigenvalue weighted by Gasteiger charge is -2.09. The van der Waals surface area contributed by atoms with Crippen LogP contribution in [-0.2, 0) is 4.79 Å². The number of thiocyanates is 1. The monoisotopic (exact) mass is 246 g/mol. The highest BCUT2D eigenvalue weighted by atomic mass is 32.2.